The molecule has 0 bridgehead atoms. The van der Waals surface area contributed by atoms with Crippen LogP contribution in [0.3, 0.4) is 0 Å². The van der Waals surface area contributed by atoms with Gasteiger partial charge in [-0.15, -0.1) is 0 Å². The molecule has 2 aliphatic rings. The molecule has 0 radical (unpaired) electrons. The van der Waals surface area contributed by atoms with E-state index in [1.807, 2.05) is 0 Å². The summed E-state index contributed by atoms with van der Waals surface area (Å²) in [7, 11) is 1.69. The van der Waals surface area contributed by atoms with Gasteiger partial charge in [0.05, 0.1) is 6.04 Å². The van der Waals surface area contributed by atoms with Crippen LogP contribution in [0.4, 0.5) is 0 Å². The molecule has 4 amide bonds. The predicted molar refractivity (Wildman–Crippen MR) is 119 cm³/mol. The fourth-order valence-electron chi connectivity index (χ4n) is 4.49. The first kappa shape index (κ1) is 23.7. The minimum atomic E-state index is -0.623. The Bertz CT molecular complexity index is 874. The van der Waals surface area contributed by atoms with E-state index in [0.717, 1.165) is 31.2 Å². The lowest BCUT2D eigenvalue weighted by Gasteiger charge is -2.35. The monoisotopic (exact) mass is 443 g/mol. The molecule has 32 heavy (non-hydrogen) atoms. The van der Waals surface area contributed by atoms with Crippen LogP contribution in [0.1, 0.15) is 61.4 Å². The zero-order valence-corrected chi connectivity index (χ0v) is 18.7. The Morgan fingerprint density at radius 3 is 2.62 bits per heavy atom. The van der Waals surface area contributed by atoms with Gasteiger partial charge in [0.1, 0.15) is 12.1 Å². The average Bonchev–Trinajstić information content (AvgIpc) is 3.20. The van der Waals surface area contributed by atoms with Gasteiger partial charge < -0.3 is 26.6 Å². The number of carbonyl (C=O) groups excluding carboxylic acids is 4. The third kappa shape index (κ3) is 5.45. The molecule has 0 saturated carbocycles. The molecule has 4 unspecified atom stereocenters. The van der Waals surface area contributed by atoms with Gasteiger partial charge in [0.25, 0.3) is 0 Å². The molecular formula is C23H33N5O4. The quantitative estimate of drug-likeness (QED) is 0.485. The van der Waals surface area contributed by atoms with Crippen molar-refractivity contribution < 1.29 is 19.2 Å². The Balaban J connectivity index is 1.69. The number of primary amides is 1. The minimum Gasteiger partial charge on any atom is -0.366 e. The molecule has 2 heterocycles. The summed E-state index contributed by atoms with van der Waals surface area (Å²) in [6.45, 7) is 1.98. The number of rotatable bonds is 7. The number of hydrogen-bond acceptors (Lipinski definition) is 5. The number of hydrogen-bond donors (Lipinski definition) is 4. The SMILES string of the molecule is CNC(C)C(=O)NC1CCCCC2CCC(C(=O)NCc3cccc(C(N)=O)c3)N2C1=O. The van der Waals surface area contributed by atoms with E-state index in [0.29, 0.717) is 18.4 Å². The van der Waals surface area contributed by atoms with Gasteiger partial charge in [-0.1, -0.05) is 25.0 Å². The van der Waals surface area contributed by atoms with Crippen LogP contribution in [0.25, 0.3) is 0 Å². The normalized spacial score (nSPS) is 24.1. The van der Waals surface area contributed by atoms with Gasteiger partial charge in [0.15, 0.2) is 0 Å². The van der Waals surface area contributed by atoms with Gasteiger partial charge >= 0.3 is 0 Å². The van der Waals surface area contributed by atoms with E-state index < -0.39 is 24.0 Å². The van der Waals surface area contributed by atoms with Gasteiger partial charge in [-0.25, -0.2) is 0 Å². The highest BCUT2D eigenvalue weighted by molar-refractivity contribution is 5.94. The minimum absolute atomic E-state index is 0.0119. The first-order valence-corrected chi connectivity index (χ1v) is 11.3. The zero-order chi connectivity index (χ0) is 23.3. The molecule has 1 aromatic rings. The van der Waals surface area contributed by atoms with Crippen LogP contribution in [0, 0.1) is 0 Å². The first-order valence-electron chi connectivity index (χ1n) is 11.3. The summed E-state index contributed by atoms with van der Waals surface area (Å²) in [4.78, 5) is 51.9. The molecule has 9 nitrogen and oxygen atoms in total. The first-order chi connectivity index (χ1) is 15.3. The highest BCUT2D eigenvalue weighted by atomic mass is 16.2. The smallest absolute Gasteiger partial charge is 0.248 e. The number of nitrogens with two attached hydrogens (primary N) is 1. The van der Waals surface area contributed by atoms with Crippen molar-refractivity contribution in [2.75, 3.05) is 7.05 Å². The number of nitrogens with one attached hydrogen (secondary N) is 3. The van der Waals surface area contributed by atoms with E-state index in [4.69, 9.17) is 5.73 Å². The number of fused-ring (bicyclic) bond motifs is 1. The van der Waals surface area contributed by atoms with Gasteiger partial charge in [-0.2, -0.15) is 0 Å². The molecule has 2 saturated heterocycles. The van der Waals surface area contributed by atoms with Crippen LogP contribution < -0.4 is 21.7 Å². The lowest BCUT2D eigenvalue weighted by atomic mass is 9.98. The van der Waals surface area contributed by atoms with Crippen LogP contribution in [-0.2, 0) is 20.9 Å². The molecule has 4 atom stereocenters. The van der Waals surface area contributed by atoms with Crippen molar-refractivity contribution in [3.63, 3.8) is 0 Å². The number of carbonyl (C=O) groups is 4. The van der Waals surface area contributed by atoms with Crippen molar-refractivity contribution in [2.24, 2.45) is 5.73 Å². The van der Waals surface area contributed by atoms with Gasteiger partial charge in [-0.3, -0.25) is 19.2 Å². The second kappa shape index (κ2) is 10.6. The van der Waals surface area contributed by atoms with E-state index in [1.54, 1.807) is 43.1 Å². The van der Waals surface area contributed by atoms with E-state index in [2.05, 4.69) is 16.0 Å². The van der Waals surface area contributed by atoms with Gasteiger partial charge in [-0.05, 0) is 57.4 Å². The zero-order valence-electron chi connectivity index (χ0n) is 18.7. The fraction of sp³-hybridized carbons (Fsp3) is 0.565. The van der Waals surface area contributed by atoms with E-state index in [-0.39, 0.29) is 30.3 Å². The number of benzene rings is 1. The van der Waals surface area contributed by atoms with E-state index >= 15 is 0 Å². The highest BCUT2D eigenvalue weighted by Gasteiger charge is 2.43. The molecule has 2 aliphatic heterocycles. The molecule has 0 spiro atoms. The lowest BCUT2D eigenvalue weighted by molar-refractivity contribution is -0.144. The van der Waals surface area contributed by atoms with Crippen molar-refractivity contribution in [3.8, 4) is 0 Å². The van der Waals surface area contributed by atoms with Gasteiger partial charge in [0.2, 0.25) is 23.6 Å². The Morgan fingerprint density at radius 1 is 1.16 bits per heavy atom. The van der Waals surface area contributed by atoms with E-state index in [1.165, 1.54) is 0 Å². The largest absolute Gasteiger partial charge is 0.366 e. The summed E-state index contributed by atoms with van der Waals surface area (Å²) in [5.74, 6) is -1.15. The van der Waals surface area contributed by atoms with Gasteiger partial charge in [0, 0.05) is 18.2 Å². The third-order valence-electron chi connectivity index (χ3n) is 6.46. The molecular weight excluding hydrogens is 410 g/mol. The van der Waals surface area contributed by atoms with Crippen LogP contribution in [0.5, 0.6) is 0 Å². The lowest BCUT2D eigenvalue weighted by Crippen LogP contribution is -2.57. The van der Waals surface area contributed by atoms with Crippen molar-refractivity contribution in [3.05, 3.63) is 35.4 Å². The molecule has 0 aromatic heterocycles. The molecule has 3 rings (SSSR count). The number of amides is 4. The maximum atomic E-state index is 13.4. The predicted octanol–water partition coefficient (Wildman–Crippen LogP) is 0.428. The molecule has 1 aromatic carbocycles. The molecule has 2 fully saturated rings. The van der Waals surface area contributed by atoms with Crippen LogP contribution in [0.2, 0.25) is 0 Å². The van der Waals surface area contributed by atoms with Crippen LogP contribution in [0.15, 0.2) is 24.3 Å². The van der Waals surface area contributed by atoms with Crippen LogP contribution in [-0.4, -0.2) is 59.7 Å². The molecule has 9 heteroatoms. The second-order valence-electron chi connectivity index (χ2n) is 8.63. The standard InChI is InChI=1S/C23H33N5O4/c1-14(25-2)21(30)27-18-9-4-3-8-17-10-11-19(28(17)23(18)32)22(31)26-13-15-6-5-7-16(12-15)20(24)29/h5-7,12,14,17-19,25H,3-4,8-11,13H2,1-2H3,(H2,24,29)(H,26,31)(H,27,30). The Labute approximate surface area is 188 Å². The summed E-state index contributed by atoms with van der Waals surface area (Å²) < 4.78 is 0. The molecule has 0 aliphatic carbocycles. The number of likely N-dealkylation sites (N-methyl/N-ethyl adjacent to an activating group) is 1. The fourth-order valence-corrected chi connectivity index (χ4v) is 4.49. The Morgan fingerprint density at radius 2 is 1.91 bits per heavy atom. The molecule has 5 N–H and O–H groups in total. The highest BCUT2D eigenvalue weighted by Crippen LogP contribution is 2.31. The van der Waals surface area contributed by atoms with Crippen molar-refractivity contribution in [1.82, 2.24) is 20.9 Å². The molecule has 174 valence electrons. The van der Waals surface area contributed by atoms with Crippen molar-refractivity contribution in [1.29, 1.82) is 0 Å². The summed E-state index contributed by atoms with van der Waals surface area (Å²) in [5.41, 5.74) is 6.46. The average molecular weight is 444 g/mol. The third-order valence-corrected chi connectivity index (χ3v) is 6.46. The Hall–Kier alpha value is -2.94. The topological polar surface area (TPSA) is 134 Å². The number of nitrogens with zero attached hydrogens (tertiary/aromatic N) is 1. The second-order valence-corrected chi connectivity index (χ2v) is 8.63. The van der Waals surface area contributed by atoms with Crippen molar-refractivity contribution in [2.45, 2.75) is 76.2 Å². The van der Waals surface area contributed by atoms with E-state index in [9.17, 15) is 19.2 Å². The maximum Gasteiger partial charge on any atom is 0.248 e. The maximum absolute atomic E-state index is 13.4. The van der Waals surface area contributed by atoms with Crippen molar-refractivity contribution >= 4 is 23.6 Å². The van der Waals surface area contributed by atoms with Crippen LogP contribution >= 0.6 is 0 Å². The summed E-state index contributed by atoms with van der Waals surface area (Å²) in [6.07, 6.45) is 4.62. The summed E-state index contributed by atoms with van der Waals surface area (Å²) >= 11 is 0. The summed E-state index contributed by atoms with van der Waals surface area (Å²) in [6, 6.07) is 5.21. The summed E-state index contributed by atoms with van der Waals surface area (Å²) in [5, 5.41) is 8.65. The Kier molecular flexibility index (Phi) is 7.84.